The number of nitrogens with zero attached hydrogens (tertiary/aromatic N) is 2. The molecule has 0 bridgehead atoms. The molecule has 0 aliphatic carbocycles. The fourth-order valence-corrected chi connectivity index (χ4v) is 2.09. The van der Waals surface area contributed by atoms with Crippen molar-refractivity contribution in [1.82, 2.24) is 0 Å². The van der Waals surface area contributed by atoms with Crippen LogP contribution in [0.15, 0.2) is 18.2 Å². The zero-order valence-electron chi connectivity index (χ0n) is 10.0. The van der Waals surface area contributed by atoms with Crippen molar-refractivity contribution < 1.29 is 18.5 Å². The van der Waals surface area contributed by atoms with Gasteiger partial charge in [-0.05, 0) is 12.1 Å². The van der Waals surface area contributed by atoms with E-state index in [-0.39, 0.29) is 37.2 Å². The minimum atomic E-state index is -2.65. The summed E-state index contributed by atoms with van der Waals surface area (Å²) in [5.74, 6) is -2.65. The second kappa shape index (κ2) is 4.91. The Labute approximate surface area is 108 Å². The number of carbonyl (C=O) groups excluding carboxylic acids is 1. The molecule has 1 aromatic carbocycles. The largest absolute Gasteiger partial charge is 0.371 e. The first-order valence-electron chi connectivity index (χ1n) is 5.79. The molecular formula is C12H12F2N2O3. The van der Waals surface area contributed by atoms with Crippen LogP contribution in [0.5, 0.6) is 0 Å². The molecule has 1 heterocycles. The summed E-state index contributed by atoms with van der Waals surface area (Å²) in [4.78, 5) is 22.6. The molecule has 2 rings (SSSR count). The lowest BCUT2D eigenvalue weighted by atomic mass is 10.1. The maximum atomic E-state index is 13.0. The first-order valence-corrected chi connectivity index (χ1v) is 5.79. The third kappa shape index (κ3) is 2.86. The van der Waals surface area contributed by atoms with E-state index in [1.807, 2.05) is 0 Å². The second-order valence-electron chi connectivity index (χ2n) is 4.46. The summed E-state index contributed by atoms with van der Waals surface area (Å²) in [6, 6.07) is 4.08. The van der Waals surface area contributed by atoms with Crippen LogP contribution in [0.1, 0.15) is 23.2 Å². The van der Waals surface area contributed by atoms with Crippen LogP contribution < -0.4 is 4.90 Å². The van der Waals surface area contributed by atoms with Gasteiger partial charge in [0.15, 0.2) is 6.29 Å². The molecule has 102 valence electrons. The van der Waals surface area contributed by atoms with Crippen molar-refractivity contribution in [3.8, 4) is 0 Å². The van der Waals surface area contributed by atoms with E-state index in [2.05, 4.69) is 0 Å². The van der Waals surface area contributed by atoms with Crippen molar-refractivity contribution in [1.29, 1.82) is 0 Å². The van der Waals surface area contributed by atoms with Crippen LogP contribution in [-0.4, -0.2) is 30.2 Å². The quantitative estimate of drug-likeness (QED) is 0.481. The molecular weight excluding hydrogens is 258 g/mol. The van der Waals surface area contributed by atoms with E-state index >= 15 is 0 Å². The van der Waals surface area contributed by atoms with Crippen molar-refractivity contribution in [2.75, 3.05) is 18.0 Å². The molecule has 1 aromatic rings. The fourth-order valence-electron chi connectivity index (χ4n) is 2.09. The van der Waals surface area contributed by atoms with Crippen molar-refractivity contribution in [3.63, 3.8) is 0 Å². The van der Waals surface area contributed by atoms with E-state index in [4.69, 9.17) is 0 Å². The van der Waals surface area contributed by atoms with Gasteiger partial charge < -0.3 is 4.90 Å². The van der Waals surface area contributed by atoms with Crippen molar-refractivity contribution in [2.45, 2.75) is 18.8 Å². The molecule has 0 unspecified atom stereocenters. The Bertz CT molecular complexity index is 510. The van der Waals surface area contributed by atoms with Gasteiger partial charge in [-0.15, -0.1) is 0 Å². The predicted molar refractivity (Wildman–Crippen MR) is 64.9 cm³/mol. The van der Waals surface area contributed by atoms with Crippen molar-refractivity contribution >= 4 is 17.7 Å². The van der Waals surface area contributed by atoms with Crippen LogP contribution in [0.25, 0.3) is 0 Å². The molecule has 1 aliphatic heterocycles. The molecule has 1 fully saturated rings. The predicted octanol–water partition coefficient (Wildman–Crippen LogP) is 2.64. The number of carbonyl (C=O) groups is 1. The molecule has 0 radical (unpaired) electrons. The third-order valence-electron chi connectivity index (χ3n) is 3.19. The standard InChI is InChI=1S/C12H12F2N2O3/c13-12(14)3-5-15(6-4-12)10-1-2-11(16(18)19)9(7-10)8-17/h1-2,7-8H,3-6H2. The number of benzene rings is 1. The average Bonchev–Trinajstić information content (AvgIpc) is 2.37. The molecule has 0 saturated carbocycles. The highest BCUT2D eigenvalue weighted by Crippen LogP contribution is 2.31. The number of nitro groups is 1. The number of aldehydes is 1. The lowest BCUT2D eigenvalue weighted by Gasteiger charge is -2.33. The first-order chi connectivity index (χ1) is 8.93. The molecule has 0 N–H and O–H groups in total. The zero-order chi connectivity index (χ0) is 14.0. The van der Waals surface area contributed by atoms with Gasteiger partial charge in [0.2, 0.25) is 0 Å². The van der Waals surface area contributed by atoms with Crippen molar-refractivity contribution in [2.24, 2.45) is 0 Å². The van der Waals surface area contributed by atoms with E-state index < -0.39 is 10.8 Å². The molecule has 0 aromatic heterocycles. The van der Waals surface area contributed by atoms with Crippen molar-refractivity contribution in [3.05, 3.63) is 33.9 Å². The maximum Gasteiger partial charge on any atom is 0.280 e. The lowest BCUT2D eigenvalue weighted by molar-refractivity contribution is -0.385. The number of piperidine rings is 1. The van der Waals surface area contributed by atoms with Gasteiger partial charge in [0.1, 0.15) is 0 Å². The first kappa shape index (κ1) is 13.4. The summed E-state index contributed by atoms with van der Waals surface area (Å²) in [5.41, 5.74) is 0.240. The summed E-state index contributed by atoms with van der Waals surface area (Å²) >= 11 is 0. The highest BCUT2D eigenvalue weighted by atomic mass is 19.3. The molecule has 0 spiro atoms. The number of halogens is 2. The molecule has 5 nitrogen and oxygen atoms in total. The fraction of sp³-hybridized carbons (Fsp3) is 0.417. The van der Waals surface area contributed by atoms with Gasteiger partial charge in [0.25, 0.3) is 11.6 Å². The molecule has 1 saturated heterocycles. The number of hydrogen-bond donors (Lipinski definition) is 0. The molecule has 0 atom stereocenters. The lowest BCUT2D eigenvalue weighted by Crippen LogP contribution is -2.39. The van der Waals surface area contributed by atoms with Gasteiger partial charge in [0.05, 0.1) is 10.5 Å². The summed E-state index contributed by atoms with van der Waals surface area (Å²) in [7, 11) is 0. The maximum absolute atomic E-state index is 13.0. The van der Waals surface area contributed by atoms with E-state index in [1.54, 1.807) is 4.90 Å². The van der Waals surface area contributed by atoms with E-state index in [0.717, 1.165) is 0 Å². The summed E-state index contributed by atoms with van der Waals surface area (Å²) in [6.45, 7) is 0.340. The number of hydrogen-bond acceptors (Lipinski definition) is 4. The van der Waals surface area contributed by atoms with Crippen LogP contribution in [-0.2, 0) is 0 Å². The Balaban J connectivity index is 2.22. The van der Waals surface area contributed by atoms with Crippen LogP contribution in [0.4, 0.5) is 20.2 Å². The van der Waals surface area contributed by atoms with Gasteiger partial charge >= 0.3 is 0 Å². The Morgan fingerprint density at radius 3 is 2.47 bits per heavy atom. The molecule has 19 heavy (non-hydrogen) atoms. The highest BCUT2D eigenvalue weighted by Gasteiger charge is 2.34. The van der Waals surface area contributed by atoms with Gasteiger partial charge in [0, 0.05) is 37.7 Å². The van der Waals surface area contributed by atoms with Crippen LogP contribution in [0.3, 0.4) is 0 Å². The van der Waals surface area contributed by atoms with Gasteiger partial charge in [-0.3, -0.25) is 14.9 Å². The Kier molecular flexibility index (Phi) is 3.46. The number of rotatable bonds is 3. The van der Waals surface area contributed by atoms with Crippen LogP contribution >= 0.6 is 0 Å². The average molecular weight is 270 g/mol. The number of alkyl halides is 2. The SMILES string of the molecule is O=Cc1cc(N2CCC(F)(F)CC2)ccc1[N+](=O)[O-]. The minimum Gasteiger partial charge on any atom is -0.371 e. The van der Waals surface area contributed by atoms with E-state index in [9.17, 15) is 23.7 Å². The van der Waals surface area contributed by atoms with Gasteiger partial charge in [-0.2, -0.15) is 0 Å². The minimum absolute atomic E-state index is 0.0418. The normalized spacial score (nSPS) is 18.1. The summed E-state index contributed by atoms with van der Waals surface area (Å²) in [6.07, 6.45) is -0.0962. The molecule has 7 heteroatoms. The zero-order valence-corrected chi connectivity index (χ0v) is 10.0. The monoisotopic (exact) mass is 270 g/mol. The molecule has 0 amide bonds. The van der Waals surface area contributed by atoms with Gasteiger partial charge in [-0.25, -0.2) is 8.78 Å². The topological polar surface area (TPSA) is 63.5 Å². The number of anilines is 1. The molecule has 1 aliphatic rings. The summed E-state index contributed by atoms with van der Waals surface area (Å²) < 4.78 is 26.1. The van der Waals surface area contributed by atoms with E-state index in [1.165, 1.54) is 18.2 Å². The highest BCUT2D eigenvalue weighted by molar-refractivity contribution is 5.83. The summed E-state index contributed by atoms with van der Waals surface area (Å²) in [5, 5.41) is 10.7. The number of nitro benzene ring substituents is 1. The van der Waals surface area contributed by atoms with Crippen LogP contribution in [0, 0.1) is 10.1 Å². The third-order valence-corrected chi connectivity index (χ3v) is 3.19. The Morgan fingerprint density at radius 1 is 1.32 bits per heavy atom. The smallest absolute Gasteiger partial charge is 0.280 e. The van der Waals surface area contributed by atoms with Crippen LogP contribution in [0.2, 0.25) is 0 Å². The second-order valence-corrected chi connectivity index (χ2v) is 4.46. The Morgan fingerprint density at radius 2 is 1.95 bits per heavy atom. The van der Waals surface area contributed by atoms with E-state index in [0.29, 0.717) is 12.0 Å². The van der Waals surface area contributed by atoms with Gasteiger partial charge in [-0.1, -0.05) is 0 Å². The Hall–Kier alpha value is -2.05.